The van der Waals surface area contributed by atoms with Crippen molar-refractivity contribution in [3.8, 4) is 10.6 Å². The van der Waals surface area contributed by atoms with Gasteiger partial charge < -0.3 is 10.4 Å². The minimum Gasteiger partial charge on any atom is -0.394 e. The van der Waals surface area contributed by atoms with E-state index in [2.05, 4.69) is 10.3 Å². The summed E-state index contributed by atoms with van der Waals surface area (Å²) in [6.07, 6.45) is 0. The van der Waals surface area contributed by atoms with Crippen LogP contribution in [-0.2, 0) is 0 Å². The van der Waals surface area contributed by atoms with E-state index in [1.54, 1.807) is 18.3 Å². The van der Waals surface area contributed by atoms with E-state index >= 15 is 0 Å². The number of amides is 1. The zero-order valence-corrected chi connectivity index (χ0v) is 11.8. The van der Waals surface area contributed by atoms with Gasteiger partial charge in [-0.25, -0.2) is 4.98 Å². The predicted molar refractivity (Wildman–Crippen MR) is 74.2 cm³/mol. The molecular weight excluding hydrogens is 268 g/mol. The Balaban J connectivity index is 2.22. The Hall–Kier alpha value is -1.24. The van der Waals surface area contributed by atoms with Crippen LogP contribution < -0.4 is 5.32 Å². The lowest BCUT2D eigenvalue weighted by molar-refractivity contribution is 0.0925. The van der Waals surface area contributed by atoms with E-state index in [-0.39, 0.29) is 18.6 Å². The second-order valence-electron chi connectivity index (χ2n) is 4.00. The number of aliphatic hydroxyl groups is 1. The molecule has 2 aromatic heterocycles. The number of aryl methyl sites for hydroxylation is 1. The van der Waals surface area contributed by atoms with E-state index in [9.17, 15) is 4.79 Å². The predicted octanol–water partition coefficient (Wildman–Crippen LogP) is 2.29. The van der Waals surface area contributed by atoms with E-state index in [0.29, 0.717) is 4.88 Å². The SMILES string of the molecule is Cc1nc(-c2ccsc2)sc1C(=O)N[C@H](C)CO. The molecule has 0 aliphatic heterocycles. The first-order chi connectivity index (χ1) is 8.61. The maximum Gasteiger partial charge on any atom is 0.263 e. The highest BCUT2D eigenvalue weighted by Crippen LogP contribution is 2.29. The van der Waals surface area contributed by atoms with Crippen molar-refractivity contribution < 1.29 is 9.90 Å². The molecule has 4 nitrogen and oxygen atoms in total. The molecule has 0 fully saturated rings. The van der Waals surface area contributed by atoms with Gasteiger partial charge in [0.05, 0.1) is 12.3 Å². The summed E-state index contributed by atoms with van der Waals surface area (Å²) in [4.78, 5) is 17.0. The Bertz CT molecular complexity index is 534. The van der Waals surface area contributed by atoms with Crippen LogP contribution in [0.2, 0.25) is 0 Å². The van der Waals surface area contributed by atoms with Crippen LogP contribution in [0, 0.1) is 6.92 Å². The van der Waals surface area contributed by atoms with Crippen molar-refractivity contribution >= 4 is 28.6 Å². The van der Waals surface area contributed by atoms with E-state index < -0.39 is 0 Å². The lowest BCUT2D eigenvalue weighted by Gasteiger charge is -2.09. The maximum absolute atomic E-state index is 12.0. The highest BCUT2D eigenvalue weighted by atomic mass is 32.1. The number of rotatable bonds is 4. The molecule has 0 aromatic carbocycles. The van der Waals surface area contributed by atoms with Crippen LogP contribution in [0.15, 0.2) is 16.8 Å². The molecule has 1 atom stereocenters. The fraction of sp³-hybridized carbons (Fsp3) is 0.333. The highest BCUT2D eigenvalue weighted by Gasteiger charge is 2.17. The molecule has 2 N–H and O–H groups in total. The van der Waals surface area contributed by atoms with Crippen LogP contribution in [0.25, 0.3) is 10.6 Å². The largest absolute Gasteiger partial charge is 0.394 e. The van der Waals surface area contributed by atoms with Gasteiger partial charge in [0.25, 0.3) is 5.91 Å². The number of nitrogens with zero attached hydrogens (tertiary/aromatic N) is 1. The minimum absolute atomic E-state index is 0.0685. The molecule has 18 heavy (non-hydrogen) atoms. The molecule has 0 saturated heterocycles. The normalized spacial score (nSPS) is 12.4. The van der Waals surface area contributed by atoms with Gasteiger partial charge in [0, 0.05) is 17.0 Å². The number of hydrogen-bond acceptors (Lipinski definition) is 5. The zero-order valence-electron chi connectivity index (χ0n) is 10.1. The van der Waals surface area contributed by atoms with Crippen LogP contribution in [0.1, 0.15) is 22.3 Å². The van der Waals surface area contributed by atoms with Crippen molar-refractivity contribution in [2.24, 2.45) is 0 Å². The summed E-state index contributed by atoms with van der Waals surface area (Å²) in [6.45, 7) is 3.51. The van der Waals surface area contributed by atoms with Crippen LogP contribution in [-0.4, -0.2) is 28.6 Å². The average Bonchev–Trinajstić information content (AvgIpc) is 2.97. The molecule has 0 aliphatic carbocycles. The zero-order chi connectivity index (χ0) is 13.1. The topological polar surface area (TPSA) is 62.2 Å². The fourth-order valence-corrected chi connectivity index (χ4v) is 3.13. The number of hydrogen-bond donors (Lipinski definition) is 2. The molecular formula is C12H14N2O2S2. The standard InChI is InChI=1S/C12H14N2O2S2/c1-7(5-15)13-11(16)10-8(2)14-12(18-10)9-3-4-17-6-9/h3-4,6-7,15H,5H2,1-2H3,(H,13,16)/t7-/m1/s1. The molecule has 0 bridgehead atoms. The smallest absolute Gasteiger partial charge is 0.263 e. The van der Waals surface area contributed by atoms with Crippen LogP contribution >= 0.6 is 22.7 Å². The maximum atomic E-state index is 12.0. The summed E-state index contributed by atoms with van der Waals surface area (Å²) in [5.74, 6) is -0.173. The lowest BCUT2D eigenvalue weighted by atomic mass is 10.3. The van der Waals surface area contributed by atoms with Gasteiger partial charge in [-0.3, -0.25) is 4.79 Å². The second kappa shape index (κ2) is 5.60. The Morgan fingerprint density at radius 3 is 3.00 bits per heavy atom. The Labute approximate surface area is 113 Å². The van der Waals surface area contributed by atoms with E-state index in [4.69, 9.17) is 5.11 Å². The minimum atomic E-state index is -0.247. The summed E-state index contributed by atoms with van der Waals surface area (Å²) in [7, 11) is 0. The quantitative estimate of drug-likeness (QED) is 0.904. The second-order valence-corrected chi connectivity index (χ2v) is 5.78. The molecule has 2 heterocycles. The molecule has 96 valence electrons. The van der Waals surface area contributed by atoms with Crippen molar-refractivity contribution in [3.05, 3.63) is 27.4 Å². The van der Waals surface area contributed by atoms with Gasteiger partial charge in [0.1, 0.15) is 9.88 Å². The molecule has 0 saturated carbocycles. The molecule has 0 unspecified atom stereocenters. The van der Waals surface area contributed by atoms with Gasteiger partial charge in [0.15, 0.2) is 0 Å². The molecule has 2 rings (SSSR count). The summed E-state index contributed by atoms with van der Waals surface area (Å²) in [6, 6.07) is 1.74. The first-order valence-corrected chi connectivity index (χ1v) is 7.29. The van der Waals surface area contributed by atoms with Crippen molar-refractivity contribution in [3.63, 3.8) is 0 Å². The highest BCUT2D eigenvalue weighted by molar-refractivity contribution is 7.17. The summed E-state index contributed by atoms with van der Waals surface area (Å²) >= 11 is 2.98. The third-order valence-corrected chi connectivity index (χ3v) is 4.31. The van der Waals surface area contributed by atoms with Gasteiger partial charge >= 0.3 is 0 Å². The van der Waals surface area contributed by atoms with Crippen molar-refractivity contribution in [2.45, 2.75) is 19.9 Å². The van der Waals surface area contributed by atoms with Crippen LogP contribution in [0.3, 0.4) is 0 Å². The van der Waals surface area contributed by atoms with Crippen molar-refractivity contribution in [1.29, 1.82) is 0 Å². The number of aliphatic hydroxyl groups excluding tert-OH is 1. The monoisotopic (exact) mass is 282 g/mol. The third kappa shape index (κ3) is 2.77. The molecule has 1 amide bonds. The average molecular weight is 282 g/mol. The number of aromatic nitrogens is 1. The molecule has 6 heteroatoms. The van der Waals surface area contributed by atoms with Crippen LogP contribution in [0.4, 0.5) is 0 Å². The Kier molecular flexibility index (Phi) is 4.11. The van der Waals surface area contributed by atoms with E-state index in [1.165, 1.54) is 11.3 Å². The summed E-state index contributed by atoms with van der Waals surface area (Å²) < 4.78 is 0. The first kappa shape index (κ1) is 13.2. The number of thiophene rings is 1. The van der Waals surface area contributed by atoms with Gasteiger partial charge in [-0.15, -0.1) is 11.3 Å². The molecule has 0 radical (unpaired) electrons. The van der Waals surface area contributed by atoms with Gasteiger partial charge in [-0.2, -0.15) is 11.3 Å². The third-order valence-electron chi connectivity index (χ3n) is 2.42. The Morgan fingerprint density at radius 1 is 1.61 bits per heavy atom. The summed E-state index contributed by atoms with van der Waals surface area (Å²) in [5.41, 5.74) is 1.77. The van der Waals surface area contributed by atoms with E-state index in [1.807, 2.05) is 23.8 Å². The van der Waals surface area contributed by atoms with E-state index in [0.717, 1.165) is 16.3 Å². The number of carbonyl (C=O) groups excluding carboxylic acids is 1. The van der Waals surface area contributed by atoms with Crippen LogP contribution in [0.5, 0.6) is 0 Å². The van der Waals surface area contributed by atoms with Crippen molar-refractivity contribution in [1.82, 2.24) is 10.3 Å². The van der Waals surface area contributed by atoms with Gasteiger partial charge in [-0.1, -0.05) is 0 Å². The van der Waals surface area contributed by atoms with Crippen molar-refractivity contribution in [2.75, 3.05) is 6.61 Å². The van der Waals surface area contributed by atoms with Gasteiger partial charge in [-0.05, 0) is 25.3 Å². The number of nitrogens with one attached hydrogen (secondary N) is 1. The molecule has 0 spiro atoms. The molecule has 2 aromatic rings. The summed E-state index contributed by atoms with van der Waals surface area (Å²) in [5, 5.41) is 16.5. The first-order valence-electron chi connectivity index (χ1n) is 5.53. The fourth-order valence-electron chi connectivity index (χ4n) is 1.45. The number of carbonyl (C=O) groups is 1. The molecule has 0 aliphatic rings. The Morgan fingerprint density at radius 2 is 2.39 bits per heavy atom. The van der Waals surface area contributed by atoms with Gasteiger partial charge in [0.2, 0.25) is 0 Å². The number of thiazole rings is 1. The lowest BCUT2D eigenvalue weighted by Crippen LogP contribution is -2.34.